The van der Waals surface area contributed by atoms with Crippen LogP contribution in [-0.4, -0.2) is 45.2 Å². The number of hydrogen-bond acceptors (Lipinski definition) is 6. The molecule has 1 amide bonds. The number of piperidine rings is 1. The third-order valence-electron chi connectivity index (χ3n) is 4.16. The van der Waals surface area contributed by atoms with Crippen LogP contribution in [0.5, 0.6) is 0 Å². The van der Waals surface area contributed by atoms with Gasteiger partial charge in [0.05, 0.1) is 0 Å². The van der Waals surface area contributed by atoms with Crippen LogP contribution in [0.2, 0.25) is 0 Å². The van der Waals surface area contributed by atoms with Crippen molar-refractivity contribution in [3.8, 4) is 0 Å². The predicted molar refractivity (Wildman–Crippen MR) is 90.1 cm³/mol. The zero-order chi connectivity index (χ0) is 16.2. The van der Waals surface area contributed by atoms with Crippen molar-refractivity contribution in [3.63, 3.8) is 0 Å². The van der Waals surface area contributed by atoms with Gasteiger partial charge in [0.15, 0.2) is 5.13 Å². The number of rotatable bonds is 5. The van der Waals surface area contributed by atoms with Crippen LogP contribution in [0.15, 0.2) is 18.5 Å². The van der Waals surface area contributed by atoms with E-state index in [0.29, 0.717) is 23.3 Å². The molecule has 3 heterocycles. The summed E-state index contributed by atoms with van der Waals surface area (Å²) in [6.07, 6.45) is 5.79. The van der Waals surface area contributed by atoms with Crippen LogP contribution in [-0.2, 0) is 13.6 Å². The van der Waals surface area contributed by atoms with Crippen LogP contribution in [0.4, 0.5) is 5.13 Å². The van der Waals surface area contributed by atoms with Gasteiger partial charge in [-0.1, -0.05) is 0 Å². The van der Waals surface area contributed by atoms with E-state index < -0.39 is 0 Å². The van der Waals surface area contributed by atoms with Gasteiger partial charge in [-0.3, -0.25) is 14.4 Å². The molecule has 1 unspecified atom stereocenters. The predicted octanol–water partition coefficient (Wildman–Crippen LogP) is 1.10. The van der Waals surface area contributed by atoms with Crippen molar-refractivity contribution in [2.45, 2.75) is 19.4 Å². The Kier molecular flexibility index (Phi) is 4.92. The zero-order valence-electron chi connectivity index (χ0n) is 13.2. The first-order chi connectivity index (χ1) is 11.1. The van der Waals surface area contributed by atoms with Gasteiger partial charge >= 0.3 is 0 Å². The fraction of sp³-hybridized carbons (Fsp3) is 0.533. The molecule has 8 heteroatoms. The maximum atomic E-state index is 12.1. The number of nitrogens with one attached hydrogen (secondary N) is 1. The Morgan fingerprint density at radius 3 is 3.13 bits per heavy atom. The van der Waals surface area contributed by atoms with Crippen molar-refractivity contribution in [1.29, 1.82) is 0 Å². The molecule has 7 nitrogen and oxygen atoms in total. The Hall–Kier alpha value is -1.93. The molecule has 0 radical (unpaired) electrons. The highest BCUT2D eigenvalue weighted by Crippen LogP contribution is 2.21. The van der Waals surface area contributed by atoms with E-state index in [4.69, 9.17) is 5.73 Å². The first-order valence-corrected chi connectivity index (χ1v) is 8.62. The lowest BCUT2D eigenvalue weighted by molar-refractivity contribution is 0.0921. The highest BCUT2D eigenvalue weighted by atomic mass is 32.1. The van der Waals surface area contributed by atoms with E-state index in [0.717, 1.165) is 32.5 Å². The van der Waals surface area contributed by atoms with E-state index in [1.165, 1.54) is 4.88 Å². The second kappa shape index (κ2) is 7.10. The van der Waals surface area contributed by atoms with Crippen LogP contribution >= 0.6 is 11.3 Å². The molecule has 1 aliphatic rings. The number of amides is 1. The molecule has 0 saturated carbocycles. The van der Waals surface area contributed by atoms with Crippen LogP contribution < -0.4 is 11.1 Å². The molecule has 1 aliphatic heterocycles. The summed E-state index contributed by atoms with van der Waals surface area (Å²) in [7, 11) is 1.78. The average Bonchev–Trinajstić information content (AvgIpc) is 3.14. The van der Waals surface area contributed by atoms with E-state index in [-0.39, 0.29) is 5.91 Å². The number of thiazole rings is 1. The third kappa shape index (κ3) is 4.08. The van der Waals surface area contributed by atoms with Crippen molar-refractivity contribution in [2.75, 3.05) is 25.4 Å². The van der Waals surface area contributed by atoms with Gasteiger partial charge < -0.3 is 11.1 Å². The van der Waals surface area contributed by atoms with E-state index in [1.54, 1.807) is 35.3 Å². The quantitative estimate of drug-likeness (QED) is 0.855. The molecule has 0 aromatic carbocycles. The molecule has 1 atom stereocenters. The summed E-state index contributed by atoms with van der Waals surface area (Å²) in [5, 5.41) is 7.68. The standard InChI is InChI=1S/C15H22N6OS/c1-20-13(4-5-19-20)14(22)17-7-11-3-2-6-21(9-11)10-12-8-18-15(16)23-12/h4-5,8,11H,2-3,6-7,9-10H2,1H3,(H2,16,18)(H,17,22). The highest BCUT2D eigenvalue weighted by molar-refractivity contribution is 7.15. The number of anilines is 1. The summed E-state index contributed by atoms with van der Waals surface area (Å²) < 4.78 is 1.59. The smallest absolute Gasteiger partial charge is 0.269 e. The molecular formula is C15H22N6OS. The second-order valence-electron chi connectivity index (χ2n) is 5.96. The fourth-order valence-electron chi connectivity index (χ4n) is 3.00. The summed E-state index contributed by atoms with van der Waals surface area (Å²) in [4.78, 5) is 19.9. The second-order valence-corrected chi connectivity index (χ2v) is 7.11. The van der Waals surface area contributed by atoms with E-state index in [1.807, 2.05) is 6.20 Å². The normalized spacial score (nSPS) is 18.9. The summed E-state index contributed by atoms with van der Waals surface area (Å²) in [5.74, 6) is 0.420. The minimum Gasteiger partial charge on any atom is -0.375 e. The minimum atomic E-state index is -0.0580. The molecule has 1 fully saturated rings. The van der Waals surface area contributed by atoms with Gasteiger partial charge in [0.25, 0.3) is 5.91 Å². The zero-order valence-corrected chi connectivity index (χ0v) is 14.1. The summed E-state index contributed by atoms with van der Waals surface area (Å²) in [6, 6.07) is 1.73. The maximum absolute atomic E-state index is 12.1. The number of likely N-dealkylation sites (tertiary alicyclic amines) is 1. The first-order valence-electron chi connectivity index (χ1n) is 7.80. The van der Waals surface area contributed by atoms with Crippen molar-refractivity contribution in [1.82, 2.24) is 25.0 Å². The number of aromatic nitrogens is 3. The van der Waals surface area contributed by atoms with Gasteiger partial charge in [0.2, 0.25) is 0 Å². The largest absolute Gasteiger partial charge is 0.375 e. The van der Waals surface area contributed by atoms with Gasteiger partial charge in [-0.25, -0.2) is 4.98 Å². The van der Waals surface area contributed by atoms with Crippen LogP contribution in [0.1, 0.15) is 28.2 Å². The van der Waals surface area contributed by atoms with Gasteiger partial charge in [-0.15, -0.1) is 11.3 Å². The topological polar surface area (TPSA) is 89.1 Å². The number of aryl methyl sites for hydroxylation is 1. The Morgan fingerprint density at radius 1 is 1.57 bits per heavy atom. The summed E-state index contributed by atoms with van der Waals surface area (Å²) in [6.45, 7) is 3.67. The van der Waals surface area contributed by atoms with Gasteiger partial charge in [0, 0.05) is 44.0 Å². The van der Waals surface area contributed by atoms with Gasteiger partial charge in [-0.05, 0) is 31.4 Å². The number of hydrogen-bond donors (Lipinski definition) is 2. The molecule has 2 aromatic rings. The van der Waals surface area contributed by atoms with E-state index >= 15 is 0 Å². The molecule has 3 N–H and O–H groups in total. The SMILES string of the molecule is Cn1nccc1C(=O)NCC1CCCN(Cc2cnc(N)s2)C1. The van der Waals surface area contributed by atoms with Gasteiger partial charge in [-0.2, -0.15) is 5.10 Å². The minimum absolute atomic E-state index is 0.0580. The molecular weight excluding hydrogens is 312 g/mol. The number of carbonyl (C=O) groups excluding carboxylic acids is 1. The molecule has 124 valence electrons. The number of nitrogens with zero attached hydrogens (tertiary/aromatic N) is 4. The lowest BCUT2D eigenvalue weighted by atomic mass is 9.98. The lowest BCUT2D eigenvalue weighted by Gasteiger charge is -2.32. The first kappa shape index (κ1) is 15.9. The van der Waals surface area contributed by atoms with E-state index in [2.05, 4.69) is 20.3 Å². The Morgan fingerprint density at radius 2 is 2.43 bits per heavy atom. The molecule has 0 spiro atoms. The number of carbonyl (C=O) groups is 1. The fourth-order valence-corrected chi connectivity index (χ4v) is 3.73. The molecule has 3 rings (SSSR count). The molecule has 1 saturated heterocycles. The highest BCUT2D eigenvalue weighted by Gasteiger charge is 2.21. The average molecular weight is 334 g/mol. The lowest BCUT2D eigenvalue weighted by Crippen LogP contribution is -2.40. The maximum Gasteiger partial charge on any atom is 0.269 e. The molecule has 2 aromatic heterocycles. The van der Waals surface area contributed by atoms with Gasteiger partial charge in [0.1, 0.15) is 5.69 Å². The van der Waals surface area contributed by atoms with Crippen molar-refractivity contribution in [2.24, 2.45) is 13.0 Å². The summed E-state index contributed by atoms with van der Waals surface area (Å²) in [5.41, 5.74) is 6.28. The van der Waals surface area contributed by atoms with Crippen molar-refractivity contribution in [3.05, 3.63) is 29.0 Å². The number of nitrogens with two attached hydrogens (primary N) is 1. The van der Waals surface area contributed by atoms with Crippen molar-refractivity contribution >= 4 is 22.4 Å². The van der Waals surface area contributed by atoms with E-state index in [9.17, 15) is 4.79 Å². The van der Waals surface area contributed by atoms with Crippen molar-refractivity contribution < 1.29 is 4.79 Å². The Balaban J connectivity index is 1.49. The Labute approximate surface area is 139 Å². The number of nitrogen functional groups attached to an aromatic ring is 1. The molecule has 0 bridgehead atoms. The van der Waals surface area contributed by atoms with Crippen LogP contribution in [0.3, 0.4) is 0 Å². The van der Waals surface area contributed by atoms with Crippen LogP contribution in [0.25, 0.3) is 0 Å². The Bertz CT molecular complexity index is 666. The summed E-state index contributed by atoms with van der Waals surface area (Å²) >= 11 is 1.55. The van der Waals surface area contributed by atoms with Crippen LogP contribution in [0, 0.1) is 5.92 Å². The molecule has 0 aliphatic carbocycles. The monoisotopic (exact) mass is 334 g/mol. The third-order valence-corrected chi connectivity index (χ3v) is 4.97. The molecule has 23 heavy (non-hydrogen) atoms.